The number of esters is 1. The lowest BCUT2D eigenvalue weighted by atomic mass is 9.90. The van der Waals surface area contributed by atoms with Gasteiger partial charge in [0.15, 0.2) is 0 Å². The number of ether oxygens (including phenoxy) is 1. The van der Waals surface area contributed by atoms with Crippen LogP contribution in [0.2, 0.25) is 5.02 Å². The summed E-state index contributed by atoms with van der Waals surface area (Å²) < 4.78 is 5.26. The highest BCUT2D eigenvalue weighted by Crippen LogP contribution is 2.24. The predicted octanol–water partition coefficient (Wildman–Crippen LogP) is 3.47. The molecule has 2 rings (SSSR count). The van der Waals surface area contributed by atoms with Crippen LogP contribution in [-0.2, 0) is 4.74 Å². The number of halogens is 1. The van der Waals surface area contributed by atoms with E-state index < -0.39 is 0 Å². The van der Waals surface area contributed by atoms with Gasteiger partial charge in [-0.25, -0.2) is 9.78 Å². The standard InChI is InChI=1S/C13H16ClNO2/c14-11-6-7-15-12(8-11)13(16)17-9-10-4-2-1-3-5-10/h6-8,10H,1-5,9H2. The maximum Gasteiger partial charge on any atom is 0.356 e. The minimum absolute atomic E-state index is 0.285. The van der Waals surface area contributed by atoms with Crippen LogP contribution in [0.4, 0.5) is 0 Å². The zero-order valence-corrected chi connectivity index (χ0v) is 10.4. The molecule has 1 heterocycles. The van der Waals surface area contributed by atoms with Gasteiger partial charge in [0.25, 0.3) is 0 Å². The third-order valence-corrected chi connectivity index (χ3v) is 3.34. The lowest BCUT2D eigenvalue weighted by molar-refractivity contribution is 0.0403. The molecule has 0 unspecified atom stereocenters. The molecule has 1 aromatic rings. The molecule has 3 nitrogen and oxygen atoms in total. The maximum absolute atomic E-state index is 11.7. The summed E-state index contributed by atoms with van der Waals surface area (Å²) in [4.78, 5) is 15.6. The molecule has 0 aliphatic heterocycles. The van der Waals surface area contributed by atoms with Crippen LogP contribution >= 0.6 is 11.6 Å². The number of aromatic nitrogens is 1. The highest BCUT2D eigenvalue weighted by Gasteiger charge is 2.16. The Morgan fingerprint density at radius 3 is 2.88 bits per heavy atom. The summed E-state index contributed by atoms with van der Waals surface area (Å²) >= 11 is 5.79. The Morgan fingerprint density at radius 1 is 1.41 bits per heavy atom. The van der Waals surface area contributed by atoms with Crippen molar-refractivity contribution in [2.45, 2.75) is 32.1 Å². The SMILES string of the molecule is O=C(OCC1CCCCC1)c1cc(Cl)ccn1. The summed E-state index contributed by atoms with van der Waals surface area (Å²) in [5.74, 6) is 0.143. The average Bonchev–Trinajstić information content (AvgIpc) is 2.37. The van der Waals surface area contributed by atoms with Gasteiger partial charge in [-0.3, -0.25) is 0 Å². The molecule has 92 valence electrons. The zero-order valence-electron chi connectivity index (χ0n) is 9.69. The molecule has 0 spiro atoms. The van der Waals surface area contributed by atoms with Gasteiger partial charge in [0.2, 0.25) is 0 Å². The summed E-state index contributed by atoms with van der Waals surface area (Å²) in [5, 5.41) is 0.504. The number of hydrogen-bond donors (Lipinski definition) is 0. The first-order valence-corrected chi connectivity index (χ1v) is 6.42. The van der Waals surface area contributed by atoms with Crippen molar-refractivity contribution in [3.8, 4) is 0 Å². The van der Waals surface area contributed by atoms with E-state index in [4.69, 9.17) is 16.3 Å². The van der Waals surface area contributed by atoms with Crippen LogP contribution in [0.5, 0.6) is 0 Å². The third-order valence-electron chi connectivity index (χ3n) is 3.11. The molecule has 17 heavy (non-hydrogen) atoms. The fourth-order valence-corrected chi connectivity index (χ4v) is 2.30. The van der Waals surface area contributed by atoms with Gasteiger partial charge in [0, 0.05) is 11.2 Å². The second-order valence-corrected chi connectivity index (χ2v) is 4.90. The molecule has 0 bridgehead atoms. The molecule has 4 heteroatoms. The van der Waals surface area contributed by atoms with Gasteiger partial charge in [0.05, 0.1) is 6.61 Å². The van der Waals surface area contributed by atoms with Crippen molar-refractivity contribution in [1.82, 2.24) is 4.98 Å². The molecule has 1 fully saturated rings. The average molecular weight is 254 g/mol. The first kappa shape index (κ1) is 12.4. The molecule has 0 radical (unpaired) electrons. The molecule has 0 N–H and O–H groups in total. The van der Waals surface area contributed by atoms with Crippen molar-refractivity contribution in [3.63, 3.8) is 0 Å². The van der Waals surface area contributed by atoms with Crippen LogP contribution < -0.4 is 0 Å². The Kier molecular flexibility index (Phi) is 4.37. The van der Waals surface area contributed by atoms with Crippen molar-refractivity contribution in [2.24, 2.45) is 5.92 Å². The third kappa shape index (κ3) is 3.70. The van der Waals surface area contributed by atoms with E-state index in [0.717, 1.165) is 12.8 Å². The molecule has 0 aromatic carbocycles. The number of hydrogen-bond acceptors (Lipinski definition) is 3. The van der Waals surface area contributed by atoms with Gasteiger partial charge in [-0.1, -0.05) is 30.9 Å². The molecular weight excluding hydrogens is 238 g/mol. The van der Waals surface area contributed by atoms with Crippen LogP contribution in [-0.4, -0.2) is 17.6 Å². The fraction of sp³-hybridized carbons (Fsp3) is 0.538. The summed E-state index contributed by atoms with van der Waals surface area (Å²) in [6.07, 6.45) is 7.64. The van der Waals surface area contributed by atoms with Gasteiger partial charge >= 0.3 is 5.97 Å². The van der Waals surface area contributed by atoms with Crippen LogP contribution in [0.1, 0.15) is 42.6 Å². The van der Waals surface area contributed by atoms with Crippen molar-refractivity contribution in [1.29, 1.82) is 0 Å². The number of rotatable bonds is 3. The first-order chi connectivity index (χ1) is 8.25. The maximum atomic E-state index is 11.7. The van der Waals surface area contributed by atoms with Gasteiger partial charge in [-0.2, -0.15) is 0 Å². The van der Waals surface area contributed by atoms with Gasteiger partial charge < -0.3 is 4.74 Å². The molecule has 1 aromatic heterocycles. The Morgan fingerprint density at radius 2 is 2.18 bits per heavy atom. The normalized spacial score (nSPS) is 16.8. The molecule has 1 aliphatic rings. The van der Waals surface area contributed by atoms with E-state index in [1.54, 1.807) is 6.07 Å². The predicted molar refractivity (Wildman–Crippen MR) is 66.1 cm³/mol. The molecule has 0 atom stereocenters. The van der Waals surface area contributed by atoms with Crippen LogP contribution in [0.15, 0.2) is 18.3 Å². The summed E-state index contributed by atoms with van der Waals surface area (Å²) in [5.41, 5.74) is 0.285. The van der Waals surface area contributed by atoms with Gasteiger partial charge in [-0.05, 0) is 30.9 Å². The topological polar surface area (TPSA) is 39.2 Å². The largest absolute Gasteiger partial charge is 0.461 e. The lowest BCUT2D eigenvalue weighted by Gasteiger charge is -2.20. The van der Waals surface area contributed by atoms with E-state index in [1.807, 2.05) is 0 Å². The monoisotopic (exact) mass is 253 g/mol. The Balaban J connectivity index is 1.84. The quantitative estimate of drug-likeness (QED) is 0.775. The molecule has 1 aliphatic carbocycles. The number of carbonyl (C=O) groups excluding carboxylic acids is 1. The van der Waals surface area contributed by atoms with E-state index in [0.29, 0.717) is 17.5 Å². The Hall–Kier alpha value is -1.09. The zero-order chi connectivity index (χ0) is 12.1. The molecule has 1 saturated carbocycles. The Labute approximate surface area is 106 Å². The summed E-state index contributed by atoms with van der Waals surface area (Å²) in [6.45, 7) is 0.507. The number of pyridine rings is 1. The smallest absolute Gasteiger partial charge is 0.356 e. The molecule has 0 amide bonds. The second kappa shape index (κ2) is 6.01. The van der Waals surface area contributed by atoms with Crippen LogP contribution in [0, 0.1) is 5.92 Å². The van der Waals surface area contributed by atoms with E-state index >= 15 is 0 Å². The highest BCUT2D eigenvalue weighted by atomic mass is 35.5. The number of carbonyl (C=O) groups is 1. The second-order valence-electron chi connectivity index (χ2n) is 4.46. The van der Waals surface area contributed by atoms with Crippen molar-refractivity contribution >= 4 is 17.6 Å². The van der Waals surface area contributed by atoms with E-state index in [-0.39, 0.29) is 11.7 Å². The van der Waals surface area contributed by atoms with Crippen LogP contribution in [0.25, 0.3) is 0 Å². The van der Waals surface area contributed by atoms with E-state index in [1.165, 1.54) is 31.5 Å². The lowest BCUT2D eigenvalue weighted by Crippen LogP contribution is -2.17. The minimum atomic E-state index is -0.377. The van der Waals surface area contributed by atoms with Crippen molar-refractivity contribution in [3.05, 3.63) is 29.0 Å². The summed E-state index contributed by atoms with van der Waals surface area (Å²) in [7, 11) is 0. The van der Waals surface area contributed by atoms with E-state index in [9.17, 15) is 4.79 Å². The molecular formula is C13H16ClNO2. The van der Waals surface area contributed by atoms with Gasteiger partial charge in [-0.15, -0.1) is 0 Å². The first-order valence-electron chi connectivity index (χ1n) is 6.04. The number of nitrogens with zero attached hydrogens (tertiary/aromatic N) is 1. The van der Waals surface area contributed by atoms with E-state index in [2.05, 4.69) is 4.98 Å². The van der Waals surface area contributed by atoms with Crippen molar-refractivity contribution in [2.75, 3.05) is 6.61 Å². The Bertz CT molecular complexity index is 389. The highest BCUT2D eigenvalue weighted by molar-refractivity contribution is 6.30. The fourth-order valence-electron chi connectivity index (χ4n) is 2.14. The minimum Gasteiger partial charge on any atom is -0.461 e. The van der Waals surface area contributed by atoms with Crippen molar-refractivity contribution < 1.29 is 9.53 Å². The summed E-state index contributed by atoms with van der Waals surface area (Å²) in [6, 6.07) is 3.17. The molecule has 0 saturated heterocycles. The van der Waals surface area contributed by atoms with Crippen LogP contribution in [0.3, 0.4) is 0 Å². The van der Waals surface area contributed by atoms with Gasteiger partial charge in [0.1, 0.15) is 5.69 Å².